The predicted molar refractivity (Wildman–Crippen MR) is 195 cm³/mol. The Bertz CT molecular complexity index is 1940. The largest absolute Gasteiger partial charge is 0.495 e. The van der Waals surface area contributed by atoms with Gasteiger partial charge in [0.05, 0.1) is 51.8 Å². The first-order valence-corrected chi connectivity index (χ1v) is 18.4. The summed E-state index contributed by atoms with van der Waals surface area (Å²) in [5.74, 6) is -0.247. The zero-order valence-electron chi connectivity index (χ0n) is 28.0. The van der Waals surface area contributed by atoms with Gasteiger partial charge in [-0.05, 0) is 97.0 Å². The molecule has 0 aliphatic carbocycles. The maximum absolute atomic E-state index is 14.2. The minimum atomic E-state index is -1.25. The van der Waals surface area contributed by atoms with Crippen molar-refractivity contribution in [3.8, 4) is 11.8 Å². The van der Waals surface area contributed by atoms with Crippen molar-refractivity contribution < 1.29 is 23.3 Å². The molecule has 0 spiro atoms. The Labute approximate surface area is 300 Å². The SMILES string of the molecule is COC(=O)c1ccc(C2CCN(CCC(CN(C)C(=O)c3c(OC)c(C#N)cc4ccccc34)c3ccc(Cl)c(Cl)c3)CC2)c(S(C)=O)c1. The van der Waals surface area contributed by atoms with Crippen molar-refractivity contribution in [1.29, 1.82) is 5.26 Å². The molecule has 1 fully saturated rings. The molecule has 1 aliphatic rings. The van der Waals surface area contributed by atoms with Crippen molar-refractivity contribution in [2.75, 3.05) is 53.7 Å². The number of hydrogen-bond acceptors (Lipinski definition) is 7. The number of likely N-dealkylation sites (tertiary alicyclic amines) is 1. The number of ether oxygens (including phenoxy) is 2. The molecule has 1 amide bonds. The van der Waals surface area contributed by atoms with Gasteiger partial charge in [0.2, 0.25) is 0 Å². The summed E-state index contributed by atoms with van der Waals surface area (Å²) in [4.78, 5) is 31.0. The molecule has 256 valence electrons. The summed E-state index contributed by atoms with van der Waals surface area (Å²) >= 11 is 12.7. The number of nitrogens with zero attached hydrogens (tertiary/aromatic N) is 3. The molecule has 2 atom stereocenters. The van der Waals surface area contributed by atoms with Gasteiger partial charge in [-0.15, -0.1) is 0 Å². The van der Waals surface area contributed by atoms with E-state index in [0.29, 0.717) is 38.2 Å². The minimum absolute atomic E-state index is 0.0576. The molecule has 0 radical (unpaired) electrons. The van der Waals surface area contributed by atoms with Crippen molar-refractivity contribution >= 4 is 56.7 Å². The number of carbonyl (C=O) groups is 2. The first-order chi connectivity index (χ1) is 23.6. The van der Waals surface area contributed by atoms with Crippen LogP contribution in [0.1, 0.15) is 68.5 Å². The van der Waals surface area contributed by atoms with E-state index in [2.05, 4.69) is 11.0 Å². The van der Waals surface area contributed by atoms with E-state index in [9.17, 15) is 19.1 Å². The number of benzene rings is 4. The molecule has 8 nitrogen and oxygen atoms in total. The molecule has 49 heavy (non-hydrogen) atoms. The van der Waals surface area contributed by atoms with E-state index in [1.54, 1.807) is 42.5 Å². The third-order valence-electron chi connectivity index (χ3n) is 9.36. The van der Waals surface area contributed by atoms with Crippen LogP contribution >= 0.6 is 23.2 Å². The maximum atomic E-state index is 14.2. The highest BCUT2D eigenvalue weighted by atomic mass is 35.5. The van der Waals surface area contributed by atoms with Crippen molar-refractivity contribution in [3.05, 3.63) is 105 Å². The zero-order valence-corrected chi connectivity index (χ0v) is 30.3. The molecule has 0 aromatic heterocycles. The van der Waals surface area contributed by atoms with E-state index in [0.717, 1.165) is 60.8 Å². The Morgan fingerprint density at radius 1 is 1.04 bits per heavy atom. The summed E-state index contributed by atoms with van der Waals surface area (Å²) in [6.45, 7) is 2.90. The van der Waals surface area contributed by atoms with Gasteiger partial charge < -0.3 is 19.3 Å². The molecular weight excluding hydrogens is 681 g/mol. The fraction of sp³-hybridized carbons (Fsp3) is 0.342. The Balaban J connectivity index is 1.33. The van der Waals surface area contributed by atoms with Gasteiger partial charge in [-0.25, -0.2) is 4.79 Å². The van der Waals surface area contributed by atoms with Gasteiger partial charge >= 0.3 is 5.97 Å². The highest BCUT2D eigenvalue weighted by molar-refractivity contribution is 7.84. The monoisotopic (exact) mass is 719 g/mol. The van der Waals surface area contributed by atoms with Gasteiger partial charge in [0, 0.05) is 30.7 Å². The van der Waals surface area contributed by atoms with Gasteiger partial charge in [-0.1, -0.05) is 59.6 Å². The predicted octanol–water partition coefficient (Wildman–Crippen LogP) is 7.68. The molecule has 0 saturated carbocycles. The van der Waals surface area contributed by atoms with Crippen molar-refractivity contribution in [1.82, 2.24) is 9.80 Å². The van der Waals surface area contributed by atoms with E-state index in [-0.39, 0.29) is 23.5 Å². The second-order valence-electron chi connectivity index (χ2n) is 12.3. The van der Waals surface area contributed by atoms with Crippen LogP contribution < -0.4 is 4.74 Å². The number of likely N-dealkylation sites (N-methyl/N-ethyl adjacent to an activating group) is 1. The zero-order chi connectivity index (χ0) is 35.2. The summed E-state index contributed by atoms with van der Waals surface area (Å²) in [5.41, 5.74) is 3.06. The Hall–Kier alpha value is -3.94. The third-order valence-corrected chi connectivity index (χ3v) is 11.1. The summed E-state index contributed by atoms with van der Waals surface area (Å²) in [5, 5.41) is 12.3. The van der Waals surface area contributed by atoms with Crippen LogP contribution in [0, 0.1) is 11.3 Å². The Morgan fingerprint density at radius 3 is 2.43 bits per heavy atom. The number of nitriles is 1. The molecule has 4 aromatic rings. The quantitative estimate of drug-likeness (QED) is 0.147. The van der Waals surface area contributed by atoms with Crippen LogP contribution in [0.4, 0.5) is 0 Å². The van der Waals surface area contributed by atoms with Gasteiger partial charge in [0.25, 0.3) is 5.91 Å². The van der Waals surface area contributed by atoms with Crippen LogP contribution in [0.3, 0.4) is 0 Å². The number of piperidine rings is 1. The first kappa shape index (κ1) is 36.3. The fourth-order valence-electron chi connectivity index (χ4n) is 6.74. The lowest BCUT2D eigenvalue weighted by Gasteiger charge is -2.34. The second kappa shape index (κ2) is 16.2. The number of fused-ring (bicyclic) bond motifs is 1. The minimum Gasteiger partial charge on any atom is -0.495 e. The molecule has 0 bridgehead atoms. The van der Waals surface area contributed by atoms with Crippen molar-refractivity contribution in [2.45, 2.75) is 36.0 Å². The number of halogens is 2. The fourth-order valence-corrected chi connectivity index (χ4v) is 7.91. The number of methoxy groups -OCH3 is 2. The number of hydrogen-bond donors (Lipinski definition) is 0. The smallest absolute Gasteiger partial charge is 0.337 e. The summed E-state index contributed by atoms with van der Waals surface area (Å²) < 4.78 is 23.1. The number of amides is 1. The van der Waals surface area contributed by atoms with Gasteiger partial charge in [-0.3, -0.25) is 9.00 Å². The molecule has 5 rings (SSSR count). The number of esters is 1. The Kier molecular flexibility index (Phi) is 12.0. The average Bonchev–Trinajstić information content (AvgIpc) is 3.12. The lowest BCUT2D eigenvalue weighted by Crippen LogP contribution is -2.36. The van der Waals surface area contributed by atoms with Crippen LogP contribution in [-0.2, 0) is 15.5 Å². The second-order valence-corrected chi connectivity index (χ2v) is 14.5. The van der Waals surface area contributed by atoms with Gasteiger partial charge in [-0.2, -0.15) is 5.26 Å². The standard InChI is InChI=1S/C38H39Cl2N3O5S/c1-42(37(44)35-31-8-6-5-7-26(31)19-29(22-41)36(35)47-2)23-28(25-10-12-32(39)33(40)20-25)15-18-43-16-13-24(14-17-43)30-11-9-27(38(45)48-3)21-34(30)49(4)46/h5-12,19-21,24,28H,13-18,23H2,1-4H3. The van der Waals surface area contributed by atoms with E-state index in [1.165, 1.54) is 14.2 Å². The number of rotatable bonds is 11. The maximum Gasteiger partial charge on any atom is 0.337 e. The van der Waals surface area contributed by atoms with Crippen molar-refractivity contribution in [2.24, 2.45) is 0 Å². The van der Waals surface area contributed by atoms with Crippen LogP contribution in [0.2, 0.25) is 10.0 Å². The average molecular weight is 721 g/mol. The molecule has 2 unspecified atom stereocenters. The van der Waals surface area contributed by atoms with Crippen LogP contribution in [0.15, 0.2) is 71.6 Å². The Morgan fingerprint density at radius 2 is 1.78 bits per heavy atom. The first-order valence-electron chi connectivity index (χ1n) is 16.0. The van der Waals surface area contributed by atoms with E-state index in [1.807, 2.05) is 42.5 Å². The highest BCUT2D eigenvalue weighted by Crippen LogP contribution is 2.36. The molecule has 1 saturated heterocycles. The molecule has 1 aliphatic heterocycles. The molecule has 0 N–H and O–H groups in total. The van der Waals surface area contributed by atoms with E-state index >= 15 is 0 Å². The van der Waals surface area contributed by atoms with E-state index < -0.39 is 16.8 Å². The lowest BCUT2D eigenvalue weighted by molar-refractivity contribution is 0.0600. The highest BCUT2D eigenvalue weighted by Gasteiger charge is 2.28. The summed E-state index contributed by atoms with van der Waals surface area (Å²) in [7, 11) is 3.34. The van der Waals surface area contributed by atoms with Crippen molar-refractivity contribution in [3.63, 3.8) is 0 Å². The summed E-state index contributed by atoms with van der Waals surface area (Å²) in [6.07, 6.45) is 4.17. The lowest BCUT2D eigenvalue weighted by atomic mass is 9.88. The molecule has 11 heteroatoms. The third kappa shape index (κ3) is 8.11. The van der Waals surface area contributed by atoms with Gasteiger partial charge in [0.15, 0.2) is 0 Å². The normalized spacial score (nSPS) is 15.0. The van der Waals surface area contributed by atoms with Crippen LogP contribution in [0.25, 0.3) is 10.8 Å². The van der Waals surface area contributed by atoms with E-state index in [4.69, 9.17) is 32.7 Å². The topological polar surface area (TPSA) is 99.9 Å². The molecular formula is C38H39Cl2N3O5S. The molecule has 1 heterocycles. The number of carbonyl (C=O) groups excluding carboxylic acids is 2. The van der Waals surface area contributed by atoms with Crippen LogP contribution in [-0.4, -0.2) is 79.6 Å². The van der Waals surface area contributed by atoms with Gasteiger partial charge in [0.1, 0.15) is 11.8 Å². The van der Waals surface area contributed by atoms with Crippen LogP contribution in [0.5, 0.6) is 5.75 Å². The molecule has 4 aromatic carbocycles. The summed E-state index contributed by atoms with van der Waals surface area (Å²) in [6, 6.07) is 22.4.